The monoisotopic (exact) mass is 474 g/mol. The van der Waals surface area contributed by atoms with Gasteiger partial charge < -0.3 is 4.84 Å². The van der Waals surface area contributed by atoms with Gasteiger partial charge in [0.1, 0.15) is 6.61 Å². The number of rotatable bonds is 6. The molecule has 0 aliphatic rings. The summed E-state index contributed by atoms with van der Waals surface area (Å²) in [5.41, 5.74) is -5.29. The Labute approximate surface area is 174 Å². The van der Waals surface area contributed by atoms with E-state index in [-0.39, 0.29) is 28.6 Å². The third kappa shape index (κ3) is 5.44. The van der Waals surface area contributed by atoms with Crippen LogP contribution < -0.4 is 4.72 Å². The maximum absolute atomic E-state index is 12.6. The summed E-state index contributed by atoms with van der Waals surface area (Å²) < 4.78 is 62.2. The molecule has 0 bridgehead atoms. The summed E-state index contributed by atoms with van der Waals surface area (Å²) in [6.45, 7) is 1.30. The first-order valence-electron chi connectivity index (χ1n) is 7.41. The molecule has 2 rings (SSSR count). The van der Waals surface area contributed by atoms with Crippen LogP contribution in [-0.2, 0) is 21.5 Å². The highest BCUT2D eigenvalue weighted by atomic mass is 35.5. The van der Waals surface area contributed by atoms with Gasteiger partial charge in [0.25, 0.3) is 0 Å². The second-order valence-corrected chi connectivity index (χ2v) is 8.32. The van der Waals surface area contributed by atoms with Gasteiger partial charge in [-0.15, -0.1) is 0 Å². The highest BCUT2D eigenvalue weighted by Gasteiger charge is 2.46. The van der Waals surface area contributed by atoms with Crippen molar-refractivity contribution < 1.29 is 26.4 Å². The topological polar surface area (TPSA) is 67.8 Å². The molecule has 0 radical (unpaired) electrons. The van der Waals surface area contributed by atoms with Gasteiger partial charge in [0.2, 0.25) is 0 Å². The standard InChI is InChI=1S/C16H12Cl3F3N2O3S/c1-9(23-27-8-12-13(18)3-2-4-14(12)19)11-7-10(17)5-6-15(11)24-28(25,26)16(20,21)22/h2-7,24H,8H2,1H3. The number of alkyl halides is 3. The molecule has 2 aromatic carbocycles. The van der Waals surface area contributed by atoms with Crippen LogP contribution in [0.25, 0.3) is 0 Å². The van der Waals surface area contributed by atoms with E-state index < -0.39 is 15.5 Å². The zero-order valence-corrected chi connectivity index (χ0v) is 17.1. The van der Waals surface area contributed by atoms with Crippen molar-refractivity contribution >= 4 is 56.2 Å². The predicted octanol–water partition coefficient (Wildman–Crippen LogP) is 5.85. The van der Waals surface area contributed by atoms with E-state index in [0.717, 1.165) is 6.07 Å². The number of nitrogens with zero attached hydrogens (tertiary/aromatic N) is 1. The van der Waals surface area contributed by atoms with E-state index in [0.29, 0.717) is 15.6 Å². The summed E-state index contributed by atoms with van der Waals surface area (Å²) in [6, 6.07) is 8.42. The van der Waals surface area contributed by atoms with Crippen molar-refractivity contribution in [1.82, 2.24) is 0 Å². The zero-order valence-electron chi connectivity index (χ0n) is 14.0. The van der Waals surface area contributed by atoms with Crippen LogP contribution in [0.5, 0.6) is 0 Å². The quantitative estimate of drug-likeness (QED) is 0.421. The maximum Gasteiger partial charge on any atom is 0.516 e. The number of benzene rings is 2. The Kier molecular flexibility index (Phi) is 7.08. The smallest absolute Gasteiger partial charge is 0.391 e. The number of oxime groups is 1. The predicted molar refractivity (Wildman–Crippen MR) is 104 cm³/mol. The average Bonchev–Trinajstić information content (AvgIpc) is 2.57. The van der Waals surface area contributed by atoms with Gasteiger partial charge in [-0.25, -0.2) is 0 Å². The van der Waals surface area contributed by atoms with Crippen molar-refractivity contribution in [2.75, 3.05) is 4.72 Å². The van der Waals surface area contributed by atoms with Gasteiger partial charge >= 0.3 is 15.5 Å². The fraction of sp³-hybridized carbons (Fsp3) is 0.188. The second kappa shape index (κ2) is 8.77. The van der Waals surface area contributed by atoms with Gasteiger partial charge in [0.05, 0.1) is 11.4 Å². The molecule has 28 heavy (non-hydrogen) atoms. The molecular formula is C16H12Cl3F3N2O3S. The van der Waals surface area contributed by atoms with E-state index in [1.807, 2.05) is 0 Å². The fourth-order valence-corrected chi connectivity index (χ4v) is 3.28. The molecule has 12 heteroatoms. The molecule has 0 saturated heterocycles. The summed E-state index contributed by atoms with van der Waals surface area (Å²) >= 11 is 17.9. The van der Waals surface area contributed by atoms with Crippen LogP contribution in [0.4, 0.5) is 18.9 Å². The minimum atomic E-state index is -5.62. The first-order valence-corrected chi connectivity index (χ1v) is 10.0. The molecule has 0 heterocycles. The van der Waals surface area contributed by atoms with E-state index in [1.54, 1.807) is 18.2 Å². The molecule has 1 N–H and O–H groups in total. The van der Waals surface area contributed by atoms with E-state index in [9.17, 15) is 21.6 Å². The largest absolute Gasteiger partial charge is 0.516 e. The Bertz CT molecular complexity index is 992. The van der Waals surface area contributed by atoms with Crippen LogP contribution in [0.15, 0.2) is 41.6 Å². The van der Waals surface area contributed by atoms with Crippen molar-refractivity contribution in [1.29, 1.82) is 0 Å². The Morgan fingerprint density at radius 2 is 1.75 bits per heavy atom. The molecular weight excluding hydrogens is 464 g/mol. The fourth-order valence-electron chi connectivity index (χ4n) is 2.02. The maximum atomic E-state index is 12.6. The van der Waals surface area contributed by atoms with Crippen LogP contribution >= 0.6 is 34.8 Å². The third-order valence-corrected chi connectivity index (χ3v) is 5.43. The van der Waals surface area contributed by atoms with E-state index in [1.165, 1.54) is 23.8 Å². The lowest BCUT2D eigenvalue weighted by atomic mass is 10.1. The van der Waals surface area contributed by atoms with Gasteiger partial charge in [0.15, 0.2) is 0 Å². The van der Waals surface area contributed by atoms with Crippen LogP contribution in [0, 0.1) is 0 Å². The van der Waals surface area contributed by atoms with Gasteiger partial charge in [-0.2, -0.15) is 21.6 Å². The first-order chi connectivity index (χ1) is 12.9. The van der Waals surface area contributed by atoms with Crippen molar-refractivity contribution in [3.63, 3.8) is 0 Å². The zero-order chi connectivity index (χ0) is 21.1. The van der Waals surface area contributed by atoms with E-state index in [4.69, 9.17) is 39.6 Å². The molecule has 0 spiro atoms. The number of halogens is 6. The highest BCUT2D eigenvalue weighted by Crippen LogP contribution is 2.29. The Morgan fingerprint density at radius 3 is 2.32 bits per heavy atom. The third-order valence-electron chi connectivity index (χ3n) is 3.39. The average molecular weight is 476 g/mol. The molecule has 0 aliphatic heterocycles. The molecule has 5 nitrogen and oxygen atoms in total. The summed E-state index contributed by atoms with van der Waals surface area (Å²) in [4.78, 5) is 5.17. The Balaban J connectivity index is 2.28. The van der Waals surface area contributed by atoms with Crippen LogP contribution in [-0.4, -0.2) is 19.6 Å². The summed E-state index contributed by atoms with van der Waals surface area (Å²) in [5, 5.41) is 4.65. The van der Waals surface area contributed by atoms with E-state index >= 15 is 0 Å². The number of hydrogen-bond donors (Lipinski definition) is 1. The highest BCUT2D eigenvalue weighted by molar-refractivity contribution is 7.93. The summed E-state index contributed by atoms with van der Waals surface area (Å²) in [5.74, 6) is 0. The van der Waals surface area contributed by atoms with E-state index in [2.05, 4.69) is 5.16 Å². The normalized spacial score (nSPS) is 12.8. The molecule has 0 fully saturated rings. The Hall–Kier alpha value is -1.68. The molecule has 0 amide bonds. The summed E-state index contributed by atoms with van der Waals surface area (Å²) in [7, 11) is -5.62. The molecule has 0 saturated carbocycles. The lowest BCUT2D eigenvalue weighted by Crippen LogP contribution is -2.30. The molecule has 2 aromatic rings. The Morgan fingerprint density at radius 1 is 1.14 bits per heavy atom. The molecule has 0 unspecified atom stereocenters. The van der Waals surface area contributed by atoms with Gasteiger partial charge in [-0.05, 0) is 37.3 Å². The first kappa shape index (κ1) is 22.6. The minimum Gasteiger partial charge on any atom is -0.391 e. The lowest BCUT2D eigenvalue weighted by Gasteiger charge is -2.14. The molecule has 0 atom stereocenters. The van der Waals surface area contributed by atoms with Crippen molar-refractivity contribution in [2.24, 2.45) is 5.16 Å². The van der Waals surface area contributed by atoms with Crippen molar-refractivity contribution in [3.8, 4) is 0 Å². The van der Waals surface area contributed by atoms with Crippen LogP contribution in [0.2, 0.25) is 15.1 Å². The molecule has 0 aromatic heterocycles. The molecule has 0 aliphatic carbocycles. The van der Waals surface area contributed by atoms with Gasteiger partial charge in [0, 0.05) is 26.2 Å². The number of hydrogen-bond acceptors (Lipinski definition) is 4. The second-order valence-electron chi connectivity index (χ2n) is 5.39. The van der Waals surface area contributed by atoms with Crippen LogP contribution in [0.3, 0.4) is 0 Å². The number of nitrogens with one attached hydrogen (secondary N) is 1. The number of anilines is 1. The minimum absolute atomic E-state index is 0.00517. The summed E-state index contributed by atoms with van der Waals surface area (Å²) in [6.07, 6.45) is 0. The molecule has 152 valence electrons. The van der Waals surface area contributed by atoms with Gasteiger partial charge in [-0.1, -0.05) is 46.0 Å². The number of sulfonamides is 1. The van der Waals surface area contributed by atoms with Crippen LogP contribution in [0.1, 0.15) is 18.1 Å². The van der Waals surface area contributed by atoms with Crippen molar-refractivity contribution in [3.05, 3.63) is 62.6 Å². The SMILES string of the molecule is CC(=NOCc1c(Cl)cccc1Cl)c1cc(Cl)ccc1NS(=O)(=O)C(F)(F)F. The van der Waals surface area contributed by atoms with Gasteiger partial charge in [-0.3, -0.25) is 4.72 Å². The van der Waals surface area contributed by atoms with Crippen molar-refractivity contribution in [2.45, 2.75) is 19.0 Å². The lowest BCUT2D eigenvalue weighted by molar-refractivity contribution is -0.0429.